The lowest BCUT2D eigenvalue weighted by Gasteiger charge is -2.14. The lowest BCUT2D eigenvalue weighted by molar-refractivity contribution is -0.139. The molecule has 6 heteroatoms. The smallest absolute Gasteiger partial charge is 0.341 e. The molecule has 0 radical (unpaired) electrons. The molecule has 0 fully saturated rings. The van der Waals surface area contributed by atoms with Crippen molar-refractivity contribution in [2.24, 2.45) is 0 Å². The number of rotatable bonds is 10. The number of methoxy groups -OCH3 is 1. The highest BCUT2D eigenvalue weighted by molar-refractivity contribution is 5.68. The van der Waals surface area contributed by atoms with E-state index in [-0.39, 0.29) is 6.61 Å². The molecule has 0 aromatic heterocycles. The van der Waals surface area contributed by atoms with Crippen LogP contribution in [0.3, 0.4) is 0 Å². The molecular weight excluding hydrogens is 384 g/mol. The highest BCUT2D eigenvalue weighted by Gasteiger charge is 2.10. The number of hydrogen-bond acceptors (Lipinski definition) is 5. The second-order valence-corrected chi connectivity index (χ2v) is 6.65. The molecule has 0 atom stereocenters. The normalized spacial score (nSPS) is 10.3. The molecule has 6 nitrogen and oxygen atoms in total. The second-order valence-electron chi connectivity index (χ2n) is 6.65. The van der Waals surface area contributed by atoms with Gasteiger partial charge in [0.2, 0.25) is 0 Å². The van der Waals surface area contributed by atoms with Gasteiger partial charge in [0, 0.05) is 11.6 Å². The summed E-state index contributed by atoms with van der Waals surface area (Å²) in [7, 11) is 1.63. The minimum Gasteiger partial charge on any atom is -0.497 e. The molecule has 3 rings (SSSR count). The van der Waals surface area contributed by atoms with Crippen LogP contribution in [0.4, 0.5) is 0 Å². The molecule has 0 spiro atoms. The van der Waals surface area contributed by atoms with Crippen LogP contribution in [0, 0.1) is 6.92 Å². The zero-order chi connectivity index (χ0) is 21.3. The monoisotopic (exact) mass is 408 g/mol. The van der Waals surface area contributed by atoms with Gasteiger partial charge < -0.3 is 24.1 Å². The Bertz CT molecular complexity index is 998. The molecule has 0 saturated heterocycles. The topological polar surface area (TPSA) is 74.2 Å². The first-order chi connectivity index (χ1) is 14.5. The molecule has 1 N–H and O–H groups in total. The summed E-state index contributed by atoms with van der Waals surface area (Å²) in [5.41, 5.74) is 2.63. The summed E-state index contributed by atoms with van der Waals surface area (Å²) in [6.45, 7) is 2.13. The third-order valence-corrected chi connectivity index (χ3v) is 4.37. The molecule has 3 aromatic carbocycles. The summed E-state index contributed by atoms with van der Waals surface area (Å²) in [4.78, 5) is 10.8. The van der Waals surface area contributed by atoms with Crippen molar-refractivity contribution < 1.29 is 28.8 Å². The number of carbonyl (C=O) groups is 1. The average molecular weight is 408 g/mol. The van der Waals surface area contributed by atoms with Crippen LogP contribution >= 0.6 is 0 Å². The summed E-state index contributed by atoms with van der Waals surface area (Å²) in [5.74, 6) is 1.62. The number of para-hydroxylation sites is 1. The highest BCUT2D eigenvalue weighted by Crippen LogP contribution is 2.27. The summed E-state index contributed by atoms with van der Waals surface area (Å²) in [5, 5.41) is 8.88. The van der Waals surface area contributed by atoms with E-state index in [0.29, 0.717) is 23.9 Å². The minimum absolute atomic E-state index is 0.246. The molecule has 156 valence electrons. The number of benzene rings is 3. The van der Waals surface area contributed by atoms with E-state index < -0.39 is 12.6 Å². The van der Waals surface area contributed by atoms with E-state index in [0.717, 1.165) is 22.4 Å². The lowest BCUT2D eigenvalue weighted by atomic mass is 10.1. The number of hydrogen-bond donors (Lipinski definition) is 1. The van der Waals surface area contributed by atoms with Gasteiger partial charge in [-0.3, -0.25) is 0 Å². The Morgan fingerprint density at radius 1 is 0.833 bits per heavy atom. The van der Waals surface area contributed by atoms with Gasteiger partial charge in [-0.05, 0) is 42.3 Å². The first-order valence-electron chi connectivity index (χ1n) is 9.47. The van der Waals surface area contributed by atoms with Crippen molar-refractivity contribution >= 4 is 5.97 Å². The van der Waals surface area contributed by atoms with Gasteiger partial charge in [-0.25, -0.2) is 4.79 Å². The van der Waals surface area contributed by atoms with Crippen LogP contribution in [-0.4, -0.2) is 24.8 Å². The lowest BCUT2D eigenvalue weighted by Crippen LogP contribution is -2.12. The zero-order valence-electron chi connectivity index (χ0n) is 17.0. The molecule has 30 heavy (non-hydrogen) atoms. The van der Waals surface area contributed by atoms with E-state index in [2.05, 4.69) is 0 Å². The fourth-order valence-electron chi connectivity index (χ4n) is 2.91. The van der Waals surface area contributed by atoms with Gasteiger partial charge >= 0.3 is 5.97 Å². The number of carboxylic acid groups (broad SMARTS) is 1. The van der Waals surface area contributed by atoms with Gasteiger partial charge in [0.25, 0.3) is 0 Å². The second kappa shape index (κ2) is 10.2. The van der Waals surface area contributed by atoms with Crippen LogP contribution < -0.4 is 18.9 Å². The maximum atomic E-state index is 10.8. The standard InChI is InChI=1S/C24H24O6/c1-17-6-3-8-19(24(17)30-16-23(25)26)15-29-22-11-5-10-21(13-22)28-14-18-7-4-9-20(12-18)27-2/h3-13H,14-16H2,1-2H3,(H,25,26). The van der Waals surface area contributed by atoms with Crippen molar-refractivity contribution in [1.82, 2.24) is 0 Å². The highest BCUT2D eigenvalue weighted by atomic mass is 16.5. The molecule has 0 heterocycles. The molecule has 0 aliphatic rings. The fraction of sp³-hybridized carbons (Fsp3) is 0.208. The first kappa shape index (κ1) is 21.0. The summed E-state index contributed by atoms with van der Waals surface area (Å²) < 4.78 is 22.4. The Morgan fingerprint density at radius 2 is 1.50 bits per heavy atom. The Labute approximate surface area is 175 Å². The Balaban J connectivity index is 1.63. The summed E-state index contributed by atoms with van der Waals surface area (Å²) in [6, 6.07) is 20.7. The van der Waals surface area contributed by atoms with E-state index in [1.54, 1.807) is 7.11 Å². The minimum atomic E-state index is -1.02. The fourth-order valence-corrected chi connectivity index (χ4v) is 2.91. The maximum absolute atomic E-state index is 10.8. The summed E-state index contributed by atoms with van der Waals surface area (Å²) in [6.07, 6.45) is 0. The van der Waals surface area contributed by atoms with E-state index in [1.807, 2.05) is 73.7 Å². The van der Waals surface area contributed by atoms with Gasteiger partial charge in [0.15, 0.2) is 6.61 Å². The number of ether oxygens (including phenoxy) is 4. The predicted molar refractivity (Wildman–Crippen MR) is 112 cm³/mol. The van der Waals surface area contributed by atoms with Gasteiger partial charge in [-0.1, -0.05) is 36.4 Å². The number of carboxylic acids is 1. The van der Waals surface area contributed by atoms with Crippen molar-refractivity contribution in [3.8, 4) is 23.0 Å². The Hall–Kier alpha value is -3.67. The number of aryl methyl sites for hydroxylation is 1. The van der Waals surface area contributed by atoms with Crippen LogP contribution in [0.15, 0.2) is 66.7 Å². The molecule has 0 aliphatic heterocycles. The van der Waals surface area contributed by atoms with Crippen molar-refractivity contribution in [2.45, 2.75) is 20.1 Å². The van der Waals surface area contributed by atoms with Crippen LogP contribution in [-0.2, 0) is 18.0 Å². The van der Waals surface area contributed by atoms with Crippen molar-refractivity contribution in [2.75, 3.05) is 13.7 Å². The van der Waals surface area contributed by atoms with Crippen molar-refractivity contribution in [3.05, 3.63) is 83.4 Å². The summed E-state index contributed by atoms with van der Waals surface area (Å²) >= 11 is 0. The van der Waals surface area contributed by atoms with Crippen molar-refractivity contribution in [3.63, 3.8) is 0 Å². The Morgan fingerprint density at radius 3 is 2.23 bits per heavy atom. The van der Waals surface area contributed by atoms with Crippen LogP contribution in [0.1, 0.15) is 16.7 Å². The average Bonchev–Trinajstić information content (AvgIpc) is 2.76. The molecule has 0 saturated carbocycles. The van der Waals surface area contributed by atoms with E-state index in [1.165, 1.54) is 0 Å². The molecule has 0 amide bonds. The third kappa shape index (κ3) is 5.91. The van der Waals surface area contributed by atoms with Gasteiger partial charge in [-0.15, -0.1) is 0 Å². The Kier molecular flexibility index (Phi) is 7.16. The molecular formula is C24H24O6. The van der Waals surface area contributed by atoms with Crippen molar-refractivity contribution in [1.29, 1.82) is 0 Å². The van der Waals surface area contributed by atoms with Crippen LogP contribution in [0.25, 0.3) is 0 Å². The van der Waals surface area contributed by atoms with E-state index in [9.17, 15) is 4.79 Å². The van der Waals surface area contributed by atoms with Crippen LogP contribution in [0.5, 0.6) is 23.0 Å². The maximum Gasteiger partial charge on any atom is 0.341 e. The molecule has 0 bridgehead atoms. The zero-order valence-corrected chi connectivity index (χ0v) is 17.0. The number of aliphatic carboxylic acids is 1. The molecule has 0 aliphatic carbocycles. The van der Waals surface area contributed by atoms with Gasteiger partial charge in [0.1, 0.15) is 36.2 Å². The first-order valence-corrected chi connectivity index (χ1v) is 9.47. The quantitative estimate of drug-likeness (QED) is 0.527. The third-order valence-electron chi connectivity index (χ3n) is 4.37. The molecule has 0 unspecified atom stereocenters. The predicted octanol–water partition coefficient (Wildman–Crippen LogP) is 4.63. The SMILES string of the molecule is COc1cccc(COc2cccc(OCc3cccc(C)c3OCC(=O)O)c2)c1. The van der Waals surface area contributed by atoms with Gasteiger partial charge in [-0.2, -0.15) is 0 Å². The van der Waals surface area contributed by atoms with Crippen LogP contribution in [0.2, 0.25) is 0 Å². The molecule has 3 aromatic rings. The van der Waals surface area contributed by atoms with E-state index >= 15 is 0 Å². The van der Waals surface area contributed by atoms with Gasteiger partial charge in [0.05, 0.1) is 7.11 Å². The van der Waals surface area contributed by atoms with E-state index in [4.69, 9.17) is 24.1 Å². The largest absolute Gasteiger partial charge is 0.497 e.